The maximum absolute atomic E-state index is 5.21. The summed E-state index contributed by atoms with van der Waals surface area (Å²) in [6.45, 7) is 8.38. The van der Waals surface area contributed by atoms with Crippen LogP contribution in [-0.4, -0.2) is 18.6 Å². The zero-order valence-electron chi connectivity index (χ0n) is 10.7. The fourth-order valence-electron chi connectivity index (χ4n) is 1.49. The van der Waals surface area contributed by atoms with E-state index in [1.54, 1.807) is 7.11 Å². The molecule has 0 aliphatic rings. The number of hydrogen-bond donors (Lipinski definition) is 1. The van der Waals surface area contributed by atoms with E-state index in [1.165, 1.54) is 5.56 Å². The van der Waals surface area contributed by atoms with E-state index in [2.05, 4.69) is 37.1 Å². The predicted octanol–water partition coefficient (Wildman–Crippen LogP) is 2.71. The van der Waals surface area contributed by atoms with Gasteiger partial charge in [0.1, 0.15) is 0 Å². The van der Waals surface area contributed by atoms with Gasteiger partial charge >= 0.3 is 0 Å². The Labute approximate surface area is 98.2 Å². The number of nitrogens with one attached hydrogen (secondary N) is 1. The van der Waals surface area contributed by atoms with Crippen molar-refractivity contribution in [2.75, 3.05) is 13.7 Å². The molecule has 90 valence electrons. The van der Waals surface area contributed by atoms with Gasteiger partial charge in [0.15, 0.2) is 0 Å². The second-order valence-electron chi connectivity index (χ2n) is 4.27. The maximum Gasteiger partial charge on any atom is 0.213 e. The van der Waals surface area contributed by atoms with Gasteiger partial charge in [0.25, 0.3) is 0 Å². The Morgan fingerprint density at radius 1 is 1.38 bits per heavy atom. The van der Waals surface area contributed by atoms with Gasteiger partial charge in [0.2, 0.25) is 5.88 Å². The highest BCUT2D eigenvalue weighted by Gasteiger charge is 2.06. The minimum Gasteiger partial charge on any atom is -0.481 e. The van der Waals surface area contributed by atoms with Gasteiger partial charge in [-0.05, 0) is 30.5 Å². The number of rotatable bonds is 6. The molecule has 1 aromatic heterocycles. The van der Waals surface area contributed by atoms with E-state index in [-0.39, 0.29) is 0 Å². The molecule has 0 aliphatic carbocycles. The van der Waals surface area contributed by atoms with Crippen LogP contribution in [0.1, 0.15) is 44.4 Å². The normalized spacial score (nSPS) is 10.8. The lowest BCUT2D eigenvalue weighted by Crippen LogP contribution is -2.14. The first-order valence-corrected chi connectivity index (χ1v) is 5.93. The van der Waals surface area contributed by atoms with Crippen molar-refractivity contribution >= 4 is 0 Å². The molecule has 0 unspecified atom stereocenters. The summed E-state index contributed by atoms with van der Waals surface area (Å²) in [5.41, 5.74) is 2.33. The largest absolute Gasteiger partial charge is 0.481 e. The van der Waals surface area contributed by atoms with Crippen LogP contribution in [0.2, 0.25) is 0 Å². The van der Waals surface area contributed by atoms with Crippen LogP contribution in [0.4, 0.5) is 0 Å². The summed E-state index contributed by atoms with van der Waals surface area (Å²) in [7, 11) is 1.66. The van der Waals surface area contributed by atoms with E-state index in [0.717, 1.165) is 25.2 Å². The molecule has 0 spiro atoms. The van der Waals surface area contributed by atoms with Crippen molar-refractivity contribution in [1.29, 1.82) is 0 Å². The highest BCUT2D eigenvalue weighted by atomic mass is 16.5. The van der Waals surface area contributed by atoms with Gasteiger partial charge in [-0.15, -0.1) is 0 Å². The fraction of sp³-hybridized carbons (Fsp3) is 0.615. The van der Waals surface area contributed by atoms with Crippen molar-refractivity contribution in [1.82, 2.24) is 10.3 Å². The van der Waals surface area contributed by atoms with Crippen LogP contribution in [-0.2, 0) is 6.54 Å². The zero-order chi connectivity index (χ0) is 12.0. The van der Waals surface area contributed by atoms with Gasteiger partial charge < -0.3 is 10.1 Å². The first kappa shape index (κ1) is 13.0. The Kier molecular flexibility index (Phi) is 5.26. The molecule has 1 heterocycles. The predicted molar refractivity (Wildman–Crippen MR) is 66.9 cm³/mol. The molecule has 0 fully saturated rings. The summed E-state index contributed by atoms with van der Waals surface area (Å²) in [4.78, 5) is 4.43. The first-order valence-electron chi connectivity index (χ1n) is 5.93. The number of methoxy groups -OCH3 is 1. The summed E-state index contributed by atoms with van der Waals surface area (Å²) >= 11 is 0. The molecule has 0 bridgehead atoms. The summed E-state index contributed by atoms with van der Waals surface area (Å²) in [6, 6.07) is 4.14. The van der Waals surface area contributed by atoms with Gasteiger partial charge in [-0.2, -0.15) is 0 Å². The van der Waals surface area contributed by atoms with Gasteiger partial charge in [-0.1, -0.05) is 20.8 Å². The van der Waals surface area contributed by atoms with Crippen LogP contribution < -0.4 is 10.1 Å². The van der Waals surface area contributed by atoms with Crippen molar-refractivity contribution < 1.29 is 4.74 Å². The average Bonchev–Trinajstić information content (AvgIpc) is 2.29. The van der Waals surface area contributed by atoms with Crippen molar-refractivity contribution in [3.05, 3.63) is 23.4 Å². The standard InChI is InChI=1S/C13H22N2O/c1-5-6-14-9-11-7-12(10(2)3)15-13(8-11)16-4/h7-8,10,14H,5-6,9H2,1-4H3. The van der Waals surface area contributed by atoms with Crippen LogP contribution >= 0.6 is 0 Å². The topological polar surface area (TPSA) is 34.1 Å². The zero-order valence-corrected chi connectivity index (χ0v) is 10.7. The molecule has 0 amide bonds. The summed E-state index contributed by atoms with van der Waals surface area (Å²) in [6.07, 6.45) is 1.15. The first-order chi connectivity index (χ1) is 7.67. The molecule has 1 N–H and O–H groups in total. The van der Waals surface area contributed by atoms with E-state index in [9.17, 15) is 0 Å². The third-order valence-electron chi connectivity index (χ3n) is 2.44. The quantitative estimate of drug-likeness (QED) is 0.751. The van der Waals surface area contributed by atoms with Gasteiger partial charge in [0, 0.05) is 18.3 Å². The van der Waals surface area contributed by atoms with Crippen LogP contribution in [0.25, 0.3) is 0 Å². The molecule has 0 radical (unpaired) electrons. The van der Waals surface area contributed by atoms with Crippen LogP contribution in [0, 0.1) is 0 Å². The number of hydrogen-bond acceptors (Lipinski definition) is 3. The molecule has 1 rings (SSSR count). The SMILES string of the molecule is CCCNCc1cc(OC)nc(C(C)C)c1. The molecular weight excluding hydrogens is 200 g/mol. The summed E-state index contributed by atoms with van der Waals surface area (Å²) in [5.74, 6) is 1.14. The lowest BCUT2D eigenvalue weighted by Gasteiger charge is -2.10. The van der Waals surface area contributed by atoms with E-state index in [4.69, 9.17) is 4.74 Å². The molecular formula is C13H22N2O. The van der Waals surface area contributed by atoms with Gasteiger partial charge in [-0.3, -0.25) is 0 Å². The number of pyridine rings is 1. The molecule has 0 saturated carbocycles. The average molecular weight is 222 g/mol. The summed E-state index contributed by atoms with van der Waals surface area (Å²) in [5, 5.41) is 3.39. The van der Waals surface area contributed by atoms with Crippen molar-refractivity contribution in [3.63, 3.8) is 0 Å². The number of aromatic nitrogens is 1. The molecule has 16 heavy (non-hydrogen) atoms. The fourth-order valence-corrected chi connectivity index (χ4v) is 1.49. The molecule has 0 aliphatic heterocycles. The highest BCUT2D eigenvalue weighted by Crippen LogP contribution is 2.18. The van der Waals surface area contributed by atoms with Crippen LogP contribution in [0.3, 0.4) is 0 Å². The Balaban J connectivity index is 2.78. The van der Waals surface area contributed by atoms with Crippen molar-refractivity contribution in [2.24, 2.45) is 0 Å². The minimum atomic E-state index is 0.431. The third-order valence-corrected chi connectivity index (χ3v) is 2.44. The Morgan fingerprint density at radius 3 is 2.69 bits per heavy atom. The molecule has 0 aromatic carbocycles. The second-order valence-corrected chi connectivity index (χ2v) is 4.27. The Morgan fingerprint density at radius 2 is 2.12 bits per heavy atom. The molecule has 3 heteroatoms. The minimum absolute atomic E-state index is 0.431. The van der Waals surface area contributed by atoms with Gasteiger partial charge in [-0.25, -0.2) is 4.98 Å². The number of nitrogens with zero attached hydrogens (tertiary/aromatic N) is 1. The Hall–Kier alpha value is -1.09. The highest BCUT2D eigenvalue weighted by molar-refractivity contribution is 5.26. The van der Waals surface area contributed by atoms with E-state index in [1.807, 2.05) is 6.07 Å². The lowest BCUT2D eigenvalue weighted by atomic mass is 10.1. The molecule has 3 nitrogen and oxygen atoms in total. The smallest absolute Gasteiger partial charge is 0.213 e. The van der Waals surface area contributed by atoms with E-state index >= 15 is 0 Å². The maximum atomic E-state index is 5.21. The number of ether oxygens (including phenoxy) is 1. The van der Waals surface area contributed by atoms with Crippen molar-refractivity contribution in [3.8, 4) is 5.88 Å². The van der Waals surface area contributed by atoms with E-state index < -0.39 is 0 Å². The van der Waals surface area contributed by atoms with E-state index in [0.29, 0.717) is 11.8 Å². The monoisotopic (exact) mass is 222 g/mol. The lowest BCUT2D eigenvalue weighted by molar-refractivity contribution is 0.394. The van der Waals surface area contributed by atoms with Gasteiger partial charge in [0.05, 0.1) is 7.11 Å². The third kappa shape index (κ3) is 3.81. The molecule has 1 aromatic rings. The van der Waals surface area contributed by atoms with Crippen molar-refractivity contribution in [2.45, 2.75) is 39.7 Å². The second kappa shape index (κ2) is 6.48. The van der Waals surface area contributed by atoms with Crippen LogP contribution in [0.15, 0.2) is 12.1 Å². The summed E-state index contributed by atoms with van der Waals surface area (Å²) < 4.78 is 5.21. The molecule has 0 saturated heterocycles. The van der Waals surface area contributed by atoms with Crippen LogP contribution in [0.5, 0.6) is 5.88 Å². The molecule has 0 atom stereocenters. The Bertz CT molecular complexity index is 324.